The summed E-state index contributed by atoms with van der Waals surface area (Å²) in [6, 6.07) is 20.8. The molecule has 1 saturated heterocycles. The lowest BCUT2D eigenvalue weighted by molar-refractivity contribution is 0.103. The smallest absolute Gasteiger partial charge is 0.323 e. The number of nitrogens with zero attached hydrogens (tertiary/aromatic N) is 4. The molecule has 9 nitrogen and oxygen atoms in total. The van der Waals surface area contributed by atoms with E-state index in [-0.39, 0.29) is 5.78 Å². The standard InChI is InChI=1S/C31H26FN7O2/c32-23-2-1-3-25(17-23)37-31(41)36-24-8-4-20(5-9-24)30(40)21-6-10-26-27(16-21)38-28(19-34-26)22-7-11-29(35-18-22)39-14-12-33-13-15-39/h1-11,16-19,33H,12-15H2,(H2,36,37,41). The van der Waals surface area contributed by atoms with Crippen molar-refractivity contribution in [1.82, 2.24) is 20.3 Å². The van der Waals surface area contributed by atoms with Crippen LogP contribution in [0, 0.1) is 5.82 Å². The molecule has 1 fully saturated rings. The van der Waals surface area contributed by atoms with Crippen molar-refractivity contribution in [3.63, 3.8) is 0 Å². The molecular weight excluding hydrogens is 521 g/mol. The number of hydrogen-bond donors (Lipinski definition) is 3. The molecule has 204 valence electrons. The van der Waals surface area contributed by atoms with Crippen molar-refractivity contribution in [3.05, 3.63) is 108 Å². The predicted molar refractivity (Wildman–Crippen MR) is 157 cm³/mol. The van der Waals surface area contributed by atoms with Gasteiger partial charge in [0.2, 0.25) is 0 Å². The van der Waals surface area contributed by atoms with E-state index in [2.05, 4.69) is 30.8 Å². The van der Waals surface area contributed by atoms with E-state index in [1.807, 2.05) is 12.1 Å². The van der Waals surface area contributed by atoms with Crippen LogP contribution in [0.25, 0.3) is 22.3 Å². The second-order valence-corrected chi connectivity index (χ2v) is 9.60. The molecule has 6 rings (SSSR count). The van der Waals surface area contributed by atoms with Crippen molar-refractivity contribution in [2.45, 2.75) is 0 Å². The van der Waals surface area contributed by atoms with Crippen molar-refractivity contribution in [2.24, 2.45) is 0 Å². The number of ketones is 1. The number of nitrogens with one attached hydrogen (secondary N) is 3. The number of aromatic nitrogens is 3. The highest BCUT2D eigenvalue weighted by atomic mass is 19.1. The van der Waals surface area contributed by atoms with Crippen molar-refractivity contribution < 1.29 is 14.0 Å². The minimum absolute atomic E-state index is 0.183. The first-order valence-corrected chi connectivity index (χ1v) is 13.2. The summed E-state index contributed by atoms with van der Waals surface area (Å²) < 4.78 is 13.3. The number of anilines is 3. The van der Waals surface area contributed by atoms with Crippen LogP contribution >= 0.6 is 0 Å². The van der Waals surface area contributed by atoms with E-state index in [0.717, 1.165) is 37.6 Å². The Bertz CT molecular complexity index is 1720. The third kappa shape index (κ3) is 6.02. The molecule has 2 aromatic heterocycles. The molecule has 3 aromatic carbocycles. The third-order valence-electron chi connectivity index (χ3n) is 6.78. The highest BCUT2D eigenvalue weighted by Gasteiger charge is 2.14. The van der Waals surface area contributed by atoms with Crippen LogP contribution in [0.5, 0.6) is 0 Å². The summed E-state index contributed by atoms with van der Waals surface area (Å²) in [6.07, 6.45) is 3.51. The number of urea groups is 1. The Labute approximate surface area is 235 Å². The molecule has 0 bridgehead atoms. The van der Waals surface area contributed by atoms with Gasteiger partial charge in [-0.25, -0.2) is 19.2 Å². The fourth-order valence-electron chi connectivity index (χ4n) is 4.64. The molecular formula is C31H26FN7O2. The molecule has 0 saturated carbocycles. The van der Waals surface area contributed by atoms with Gasteiger partial charge in [-0.2, -0.15) is 0 Å². The minimum atomic E-state index is -0.521. The maximum absolute atomic E-state index is 13.3. The van der Waals surface area contributed by atoms with Crippen LogP contribution in [0.15, 0.2) is 91.3 Å². The Morgan fingerprint density at radius 3 is 2.32 bits per heavy atom. The Morgan fingerprint density at radius 2 is 1.56 bits per heavy atom. The highest BCUT2D eigenvalue weighted by Crippen LogP contribution is 2.23. The van der Waals surface area contributed by atoms with Crippen LogP contribution in [0.2, 0.25) is 0 Å². The highest BCUT2D eigenvalue weighted by molar-refractivity contribution is 6.10. The van der Waals surface area contributed by atoms with Gasteiger partial charge in [0.1, 0.15) is 11.6 Å². The quantitative estimate of drug-likeness (QED) is 0.253. The van der Waals surface area contributed by atoms with Crippen LogP contribution in [0.1, 0.15) is 15.9 Å². The van der Waals surface area contributed by atoms with Crippen LogP contribution in [-0.2, 0) is 0 Å². The Balaban J connectivity index is 1.15. The number of fused-ring (bicyclic) bond motifs is 1. The van der Waals surface area contributed by atoms with Crippen molar-refractivity contribution >= 4 is 40.0 Å². The summed E-state index contributed by atoms with van der Waals surface area (Å²) in [5.74, 6) is 0.306. The number of halogens is 1. The van der Waals surface area contributed by atoms with Gasteiger partial charge in [0, 0.05) is 60.4 Å². The van der Waals surface area contributed by atoms with Gasteiger partial charge in [0.15, 0.2) is 5.78 Å². The predicted octanol–water partition coefficient (Wildman–Crippen LogP) is 5.12. The summed E-state index contributed by atoms with van der Waals surface area (Å²) in [4.78, 5) is 41.6. The fourth-order valence-corrected chi connectivity index (χ4v) is 4.64. The topological polar surface area (TPSA) is 112 Å². The van der Waals surface area contributed by atoms with Crippen LogP contribution < -0.4 is 20.9 Å². The molecule has 5 aromatic rings. The number of rotatable bonds is 6. The van der Waals surface area contributed by atoms with E-state index in [0.29, 0.717) is 39.2 Å². The number of carbonyl (C=O) groups excluding carboxylic acids is 2. The Kier molecular flexibility index (Phi) is 7.29. The van der Waals surface area contributed by atoms with Gasteiger partial charge in [-0.1, -0.05) is 6.07 Å². The molecule has 2 amide bonds. The summed E-state index contributed by atoms with van der Waals surface area (Å²) in [6.45, 7) is 3.72. The lowest BCUT2D eigenvalue weighted by Crippen LogP contribution is -2.43. The second kappa shape index (κ2) is 11.5. The largest absolute Gasteiger partial charge is 0.354 e. The van der Waals surface area contributed by atoms with Gasteiger partial charge < -0.3 is 20.9 Å². The number of benzene rings is 3. The summed E-state index contributed by atoms with van der Waals surface area (Å²) in [7, 11) is 0. The molecule has 0 radical (unpaired) electrons. The van der Waals surface area contributed by atoms with E-state index in [1.165, 1.54) is 18.2 Å². The van der Waals surface area contributed by atoms with Crippen LogP contribution in [-0.4, -0.2) is 52.9 Å². The molecule has 0 aliphatic carbocycles. The van der Waals surface area contributed by atoms with Crippen LogP contribution in [0.3, 0.4) is 0 Å². The lowest BCUT2D eigenvalue weighted by Gasteiger charge is -2.28. The number of pyridine rings is 1. The molecule has 10 heteroatoms. The molecule has 41 heavy (non-hydrogen) atoms. The first-order valence-electron chi connectivity index (χ1n) is 13.2. The van der Waals surface area contributed by atoms with Gasteiger partial charge in [0.05, 0.1) is 22.9 Å². The zero-order chi connectivity index (χ0) is 28.2. The second-order valence-electron chi connectivity index (χ2n) is 9.60. The SMILES string of the molecule is O=C(Nc1ccc(C(=O)c2ccc3ncc(-c4ccc(N5CCNCC5)nc4)nc3c2)cc1)Nc1cccc(F)c1. The van der Waals surface area contributed by atoms with E-state index in [4.69, 9.17) is 4.98 Å². The minimum Gasteiger partial charge on any atom is -0.354 e. The maximum Gasteiger partial charge on any atom is 0.323 e. The average molecular weight is 548 g/mol. The lowest BCUT2D eigenvalue weighted by atomic mass is 10.0. The molecule has 3 heterocycles. The molecule has 0 atom stereocenters. The van der Waals surface area contributed by atoms with E-state index >= 15 is 0 Å². The molecule has 0 unspecified atom stereocenters. The summed E-state index contributed by atoms with van der Waals surface area (Å²) >= 11 is 0. The van der Waals surface area contributed by atoms with Gasteiger partial charge in [0.25, 0.3) is 0 Å². The van der Waals surface area contributed by atoms with Crippen LogP contribution in [0.4, 0.5) is 26.4 Å². The summed E-state index contributed by atoms with van der Waals surface area (Å²) in [5, 5.41) is 8.58. The average Bonchev–Trinajstić information content (AvgIpc) is 3.01. The molecule has 3 N–H and O–H groups in total. The van der Waals surface area contributed by atoms with Crippen molar-refractivity contribution in [1.29, 1.82) is 0 Å². The van der Waals surface area contributed by atoms with Gasteiger partial charge in [-0.05, 0) is 72.8 Å². The van der Waals surface area contributed by atoms with E-state index < -0.39 is 11.8 Å². The fraction of sp³-hybridized carbons (Fsp3) is 0.129. The van der Waals surface area contributed by atoms with Gasteiger partial charge in [-0.15, -0.1) is 0 Å². The number of carbonyl (C=O) groups is 2. The Morgan fingerprint density at radius 1 is 0.780 bits per heavy atom. The van der Waals surface area contributed by atoms with Crippen molar-refractivity contribution in [2.75, 3.05) is 41.7 Å². The van der Waals surface area contributed by atoms with Crippen molar-refractivity contribution in [3.8, 4) is 11.3 Å². The number of hydrogen-bond acceptors (Lipinski definition) is 7. The maximum atomic E-state index is 13.3. The zero-order valence-corrected chi connectivity index (χ0v) is 22.0. The monoisotopic (exact) mass is 547 g/mol. The van der Waals surface area contributed by atoms with E-state index in [1.54, 1.807) is 60.9 Å². The zero-order valence-electron chi connectivity index (χ0n) is 22.0. The van der Waals surface area contributed by atoms with Gasteiger partial charge in [-0.3, -0.25) is 9.78 Å². The normalized spacial score (nSPS) is 13.1. The number of amides is 2. The Hall–Kier alpha value is -5.22. The first-order chi connectivity index (χ1) is 20.0. The van der Waals surface area contributed by atoms with Gasteiger partial charge >= 0.3 is 6.03 Å². The first kappa shape index (κ1) is 26.0. The number of piperazine rings is 1. The molecule has 1 aliphatic heterocycles. The molecule has 1 aliphatic rings. The van der Waals surface area contributed by atoms with E-state index in [9.17, 15) is 14.0 Å². The third-order valence-corrected chi connectivity index (χ3v) is 6.78. The molecule has 0 spiro atoms. The summed E-state index contributed by atoms with van der Waals surface area (Å²) in [5.41, 5.74) is 4.55.